The van der Waals surface area contributed by atoms with Crippen molar-refractivity contribution in [1.29, 1.82) is 0 Å². The Labute approximate surface area is 79.4 Å². The van der Waals surface area contributed by atoms with Gasteiger partial charge in [0.05, 0.1) is 5.92 Å². The van der Waals surface area contributed by atoms with Crippen molar-refractivity contribution in [3.63, 3.8) is 0 Å². The smallest absolute Gasteiger partial charge is 0.226 e. The summed E-state index contributed by atoms with van der Waals surface area (Å²) in [5.74, 6) is 0.129. The van der Waals surface area contributed by atoms with Gasteiger partial charge >= 0.3 is 0 Å². The molecule has 1 amide bonds. The van der Waals surface area contributed by atoms with Crippen molar-refractivity contribution < 1.29 is 4.79 Å². The van der Waals surface area contributed by atoms with E-state index in [-0.39, 0.29) is 17.9 Å². The van der Waals surface area contributed by atoms with Crippen molar-refractivity contribution in [3.05, 3.63) is 12.2 Å². The van der Waals surface area contributed by atoms with Gasteiger partial charge in [0, 0.05) is 12.6 Å². The van der Waals surface area contributed by atoms with E-state index < -0.39 is 0 Å². The van der Waals surface area contributed by atoms with E-state index in [0.29, 0.717) is 0 Å². The second-order valence-electron chi connectivity index (χ2n) is 3.54. The molecule has 0 aliphatic heterocycles. The Hall–Kier alpha value is -0.830. The highest BCUT2D eigenvalue weighted by molar-refractivity contribution is 5.81. The predicted octanol–water partition coefficient (Wildman–Crippen LogP) is 0.806. The van der Waals surface area contributed by atoms with Crippen molar-refractivity contribution in [2.24, 2.45) is 11.7 Å². The monoisotopic (exact) mass is 182 g/mol. The summed E-state index contributed by atoms with van der Waals surface area (Å²) >= 11 is 0. The molecule has 2 unspecified atom stereocenters. The number of carbonyl (C=O) groups excluding carboxylic acids is 1. The maximum atomic E-state index is 11.4. The Morgan fingerprint density at radius 3 is 2.92 bits per heavy atom. The van der Waals surface area contributed by atoms with Crippen molar-refractivity contribution in [1.82, 2.24) is 5.32 Å². The molecule has 1 aliphatic carbocycles. The van der Waals surface area contributed by atoms with E-state index in [0.717, 1.165) is 25.8 Å². The minimum Gasteiger partial charge on any atom is -0.356 e. The highest BCUT2D eigenvalue weighted by Crippen LogP contribution is 2.15. The minimum absolute atomic E-state index is 0.00635. The Morgan fingerprint density at radius 1 is 1.62 bits per heavy atom. The average molecular weight is 182 g/mol. The van der Waals surface area contributed by atoms with E-state index in [1.165, 1.54) is 0 Å². The maximum absolute atomic E-state index is 11.4. The van der Waals surface area contributed by atoms with Crippen LogP contribution in [0.3, 0.4) is 0 Å². The van der Waals surface area contributed by atoms with Crippen LogP contribution >= 0.6 is 0 Å². The van der Waals surface area contributed by atoms with Crippen molar-refractivity contribution in [2.45, 2.75) is 32.2 Å². The van der Waals surface area contributed by atoms with Crippen LogP contribution in [0.2, 0.25) is 0 Å². The first-order valence-corrected chi connectivity index (χ1v) is 4.95. The molecule has 3 nitrogen and oxygen atoms in total. The molecule has 2 atom stereocenters. The third-order valence-corrected chi connectivity index (χ3v) is 2.28. The maximum Gasteiger partial charge on any atom is 0.226 e. The number of unbranched alkanes of at least 4 members (excludes halogenated alkanes) is 1. The fraction of sp³-hybridized carbons (Fsp3) is 0.700. The summed E-state index contributed by atoms with van der Waals surface area (Å²) in [6.45, 7) is 2.90. The third kappa shape index (κ3) is 3.19. The van der Waals surface area contributed by atoms with E-state index >= 15 is 0 Å². The molecule has 0 radical (unpaired) electrons. The van der Waals surface area contributed by atoms with E-state index in [9.17, 15) is 4.79 Å². The first-order valence-electron chi connectivity index (χ1n) is 4.95. The molecule has 0 saturated carbocycles. The van der Waals surface area contributed by atoms with Gasteiger partial charge in [0.15, 0.2) is 0 Å². The van der Waals surface area contributed by atoms with Gasteiger partial charge in [-0.2, -0.15) is 0 Å². The predicted molar refractivity (Wildman–Crippen MR) is 53.1 cm³/mol. The van der Waals surface area contributed by atoms with Gasteiger partial charge in [0.25, 0.3) is 0 Å². The summed E-state index contributed by atoms with van der Waals surface area (Å²) in [6.07, 6.45) is 6.74. The summed E-state index contributed by atoms with van der Waals surface area (Å²) < 4.78 is 0. The van der Waals surface area contributed by atoms with Crippen LogP contribution in [0.4, 0.5) is 0 Å². The molecule has 0 aromatic heterocycles. The number of carbonyl (C=O) groups is 1. The Balaban J connectivity index is 2.21. The minimum atomic E-state index is 0.00635. The van der Waals surface area contributed by atoms with E-state index in [2.05, 4.69) is 12.2 Å². The first kappa shape index (κ1) is 10.3. The lowest BCUT2D eigenvalue weighted by Crippen LogP contribution is -2.31. The number of amides is 1. The highest BCUT2D eigenvalue weighted by Gasteiger charge is 2.21. The van der Waals surface area contributed by atoms with E-state index in [4.69, 9.17) is 5.73 Å². The van der Waals surface area contributed by atoms with Crippen LogP contribution < -0.4 is 11.1 Å². The fourth-order valence-electron chi connectivity index (χ4n) is 1.44. The molecule has 0 aromatic rings. The number of hydrogen-bond acceptors (Lipinski definition) is 2. The zero-order chi connectivity index (χ0) is 9.68. The Morgan fingerprint density at radius 2 is 2.38 bits per heavy atom. The van der Waals surface area contributed by atoms with E-state index in [1.807, 2.05) is 12.2 Å². The molecule has 0 heterocycles. The van der Waals surface area contributed by atoms with Gasteiger partial charge in [0.1, 0.15) is 0 Å². The van der Waals surface area contributed by atoms with Crippen LogP contribution in [-0.4, -0.2) is 18.5 Å². The summed E-state index contributed by atoms with van der Waals surface area (Å²) in [7, 11) is 0. The molecule has 13 heavy (non-hydrogen) atoms. The standard InChI is InChI=1S/C10H18N2O/c1-2-3-6-12-10(13)8-4-5-9(11)7-8/h4-5,8-9H,2-3,6-7,11H2,1H3,(H,12,13). The quantitative estimate of drug-likeness (QED) is 0.499. The Kier molecular flexibility index (Phi) is 3.96. The molecule has 0 bridgehead atoms. The van der Waals surface area contributed by atoms with Crippen molar-refractivity contribution in [2.75, 3.05) is 6.54 Å². The van der Waals surface area contributed by atoms with Crippen molar-refractivity contribution in [3.8, 4) is 0 Å². The molecule has 0 aromatic carbocycles. The van der Waals surface area contributed by atoms with Crippen LogP contribution in [0.5, 0.6) is 0 Å². The number of rotatable bonds is 4. The lowest BCUT2D eigenvalue weighted by atomic mass is 10.1. The van der Waals surface area contributed by atoms with Gasteiger partial charge in [-0.1, -0.05) is 25.5 Å². The number of nitrogens with two attached hydrogens (primary N) is 1. The Bertz CT molecular complexity index is 201. The number of nitrogens with one attached hydrogen (secondary N) is 1. The molecule has 1 aliphatic rings. The van der Waals surface area contributed by atoms with Gasteiger partial charge in [-0.3, -0.25) is 4.79 Å². The highest BCUT2D eigenvalue weighted by atomic mass is 16.1. The van der Waals surface area contributed by atoms with E-state index in [1.54, 1.807) is 0 Å². The van der Waals surface area contributed by atoms with Gasteiger partial charge in [0.2, 0.25) is 5.91 Å². The largest absolute Gasteiger partial charge is 0.356 e. The molecule has 74 valence electrons. The second kappa shape index (κ2) is 5.02. The first-order chi connectivity index (χ1) is 6.24. The van der Waals surface area contributed by atoms with Crippen LogP contribution in [0, 0.1) is 5.92 Å². The topological polar surface area (TPSA) is 55.1 Å². The summed E-state index contributed by atoms with van der Waals surface area (Å²) in [6, 6.07) is 0.0712. The summed E-state index contributed by atoms with van der Waals surface area (Å²) in [4.78, 5) is 11.4. The van der Waals surface area contributed by atoms with Gasteiger partial charge in [-0.15, -0.1) is 0 Å². The molecular formula is C10H18N2O. The van der Waals surface area contributed by atoms with Gasteiger partial charge in [-0.05, 0) is 12.8 Å². The van der Waals surface area contributed by atoms with Crippen molar-refractivity contribution >= 4 is 5.91 Å². The molecule has 3 N–H and O–H groups in total. The third-order valence-electron chi connectivity index (χ3n) is 2.28. The SMILES string of the molecule is CCCCNC(=O)C1C=CC(N)C1. The average Bonchev–Trinajstić information content (AvgIpc) is 2.52. The molecule has 0 spiro atoms. The van der Waals surface area contributed by atoms with Crippen LogP contribution in [-0.2, 0) is 4.79 Å². The van der Waals surface area contributed by atoms with Crippen LogP contribution in [0.15, 0.2) is 12.2 Å². The normalized spacial score (nSPS) is 26.3. The molecule has 1 rings (SSSR count). The molecule has 0 fully saturated rings. The number of hydrogen-bond donors (Lipinski definition) is 2. The fourth-order valence-corrected chi connectivity index (χ4v) is 1.44. The molecular weight excluding hydrogens is 164 g/mol. The summed E-state index contributed by atoms with van der Waals surface area (Å²) in [5, 5.41) is 2.90. The van der Waals surface area contributed by atoms with Gasteiger partial charge in [-0.25, -0.2) is 0 Å². The lowest BCUT2D eigenvalue weighted by Gasteiger charge is -2.09. The lowest BCUT2D eigenvalue weighted by molar-refractivity contribution is -0.123. The molecule has 0 saturated heterocycles. The second-order valence-corrected chi connectivity index (χ2v) is 3.54. The zero-order valence-electron chi connectivity index (χ0n) is 8.12. The zero-order valence-corrected chi connectivity index (χ0v) is 8.12. The van der Waals surface area contributed by atoms with Crippen LogP contribution in [0.25, 0.3) is 0 Å². The summed E-state index contributed by atoms with van der Waals surface area (Å²) in [5.41, 5.74) is 5.65. The van der Waals surface area contributed by atoms with Gasteiger partial charge < -0.3 is 11.1 Å². The van der Waals surface area contributed by atoms with Crippen LogP contribution in [0.1, 0.15) is 26.2 Å². The molecule has 3 heteroatoms.